The molecular weight excluding hydrogens is 480 g/mol. The summed E-state index contributed by atoms with van der Waals surface area (Å²) in [7, 11) is 0. The zero-order valence-electron chi connectivity index (χ0n) is 16.5. The van der Waals surface area contributed by atoms with Gasteiger partial charge in [-0.25, -0.2) is 9.96 Å². The fourth-order valence-corrected chi connectivity index (χ4v) is 4.56. The number of halogens is 2. The van der Waals surface area contributed by atoms with Crippen LogP contribution in [0.25, 0.3) is 0 Å². The maximum atomic E-state index is 13.5. The summed E-state index contributed by atoms with van der Waals surface area (Å²) in [4.78, 5) is 34.2. The Morgan fingerprint density at radius 3 is 2.10 bits per heavy atom. The zero-order chi connectivity index (χ0) is 21.7. The summed E-state index contributed by atoms with van der Waals surface area (Å²) in [5.41, 5.74) is 3.30. The van der Waals surface area contributed by atoms with Crippen LogP contribution in [0.15, 0.2) is 77.3 Å². The Bertz CT molecular complexity index is 1150. The van der Waals surface area contributed by atoms with E-state index in [1.807, 2.05) is 55.5 Å². The van der Waals surface area contributed by atoms with Gasteiger partial charge in [-0.3, -0.25) is 14.4 Å². The number of hydrogen-bond donors (Lipinski definition) is 0. The zero-order valence-corrected chi connectivity index (χ0v) is 18.9. The number of fused-ring (bicyclic) bond motifs is 1. The van der Waals surface area contributed by atoms with Crippen molar-refractivity contribution in [3.63, 3.8) is 0 Å². The molecule has 0 radical (unpaired) electrons. The van der Waals surface area contributed by atoms with Crippen molar-refractivity contribution in [3.05, 3.63) is 93.4 Å². The Hall–Kier alpha value is -2.67. The fourth-order valence-electron chi connectivity index (χ4n) is 4.17. The fraction of sp³-hybridized carbons (Fsp3) is 0.167. The lowest BCUT2D eigenvalue weighted by molar-refractivity contribution is -0.126. The maximum Gasteiger partial charge on any atom is 0.266 e. The molecule has 2 fully saturated rings. The van der Waals surface area contributed by atoms with E-state index in [9.17, 15) is 9.59 Å². The van der Waals surface area contributed by atoms with Gasteiger partial charge in [0.2, 0.25) is 5.91 Å². The molecule has 0 unspecified atom stereocenters. The quantitative estimate of drug-likeness (QED) is 0.451. The lowest BCUT2D eigenvalue weighted by Gasteiger charge is -2.29. The minimum Gasteiger partial charge on any atom is -0.273 e. The van der Waals surface area contributed by atoms with Crippen LogP contribution in [0, 0.1) is 12.8 Å². The Kier molecular flexibility index (Phi) is 5.08. The lowest BCUT2D eigenvalue weighted by atomic mass is 9.90. The first kappa shape index (κ1) is 20.2. The van der Waals surface area contributed by atoms with Crippen molar-refractivity contribution in [1.29, 1.82) is 0 Å². The Morgan fingerprint density at radius 1 is 0.839 bits per heavy atom. The van der Waals surface area contributed by atoms with Gasteiger partial charge in [0.05, 0.1) is 17.4 Å². The average Bonchev–Trinajstić information content (AvgIpc) is 3.26. The molecule has 2 aliphatic rings. The highest BCUT2D eigenvalue weighted by Gasteiger charge is 2.60. The molecule has 5 nitrogen and oxygen atoms in total. The van der Waals surface area contributed by atoms with Crippen LogP contribution in [0.2, 0.25) is 5.02 Å². The first-order valence-corrected chi connectivity index (χ1v) is 11.0. The standard InChI is InChI=1S/C24H18BrClN2O3/c1-14-2-4-15(5-3-14)21-20-22(31-28(21)19-12-8-17(26)9-13-19)24(30)27(23(20)29)18-10-6-16(25)7-11-18/h2-13,20-22H,1H3/t20-,21-,22-/m1/s1. The second-order valence-corrected chi connectivity index (χ2v) is 9.05. The van der Waals surface area contributed by atoms with E-state index >= 15 is 0 Å². The summed E-state index contributed by atoms with van der Waals surface area (Å²) in [5, 5.41) is 2.27. The second kappa shape index (κ2) is 7.79. The molecule has 3 atom stereocenters. The van der Waals surface area contributed by atoms with Gasteiger partial charge >= 0.3 is 0 Å². The summed E-state index contributed by atoms with van der Waals surface area (Å²) in [6.07, 6.45) is -0.891. The molecule has 2 saturated heterocycles. The van der Waals surface area contributed by atoms with Crippen LogP contribution in [0.4, 0.5) is 11.4 Å². The van der Waals surface area contributed by atoms with Gasteiger partial charge in [0.1, 0.15) is 5.92 Å². The van der Waals surface area contributed by atoms with Gasteiger partial charge in [-0.2, -0.15) is 0 Å². The van der Waals surface area contributed by atoms with E-state index in [2.05, 4.69) is 15.9 Å². The number of benzene rings is 3. The van der Waals surface area contributed by atoms with E-state index in [1.165, 1.54) is 4.90 Å². The highest BCUT2D eigenvalue weighted by Crippen LogP contribution is 2.47. The molecule has 31 heavy (non-hydrogen) atoms. The van der Waals surface area contributed by atoms with Crippen LogP contribution >= 0.6 is 27.5 Å². The molecule has 156 valence electrons. The highest BCUT2D eigenvalue weighted by molar-refractivity contribution is 9.10. The van der Waals surface area contributed by atoms with Crippen molar-refractivity contribution < 1.29 is 14.4 Å². The first-order valence-electron chi connectivity index (χ1n) is 9.85. The van der Waals surface area contributed by atoms with Gasteiger partial charge in [0.15, 0.2) is 6.10 Å². The van der Waals surface area contributed by atoms with Crippen LogP contribution in [-0.4, -0.2) is 17.9 Å². The van der Waals surface area contributed by atoms with Gasteiger partial charge in [-0.15, -0.1) is 0 Å². The Labute approximate surface area is 193 Å². The first-order chi connectivity index (χ1) is 14.9. The second-order valence-electron chi connectivity index (χ2n) is 7.70. The third-order valence-electron chi connectivity index (χ3n) is 5.70. The summed E-state index contributed by atoms with van der Waals surface area (Å²) in [6.45, 7) is 2.01. The summed E-state index contributed by atoms with van der Waals surface area (Å²) < 4.78 is 0.873. The molecule has 5 rings (SSSR count). The number of rotatable bonds is 3. The van der Waals surface area contributed by atoms with Gasteiger partial charge < -0.3 is 0 Å². The Morgan fingerprint density at radius 2 is 1.45 bits per heavy atom. The molecule has 2 amide bonds. The average molecular weight is 498 g/mol. The summed E-state index contributed by atoms with van der Waals surface area (Å²) >= 11 is 9.44. The number of amides is 2. The molecular formula is C24H18BrClN2O3. The normalized spacial score (nSPS) is 22.9. The Balaban J connectivity index is 1.57. The highest BCUT2D eigenvalue weighted by atomic mass is 79.9. The van der Waals surface area contributed by atoms with Crippen LogP contribution in [0.3, 0.4) is 0 Å². The van der Waals surface area contributed by atoms with E-state index in [1.54, 1.807) is 29.3 Å². The molecule has 7 heteroatoms. The number of hydroxylamine groups is 1. The van der Waals surface area contributed by atoms with Crippen molar-refractivity contribution in [2.45, 2.75) is 19.1 Å². The van der Waals surface area contributed by atoms with Crippen LogP contribution in [0.5, 0.6) is 0 Å². The van der Waals surface area contributed by atoms with Crippen molar-refractivity contribution in [3.8, 4) is 0 Å². The third-order valence-corrected chi connectivity index (χ3v) is 6.48. The maximum absolute atomic E-state index is 13.5. The third kappa shape index (κ3) is 3.45. The number of imide groups is 1. The minimum atomic E-state index is -0.891. The number of aryl methyl sites for hydroxylation is 1. The number of hydrogen-bond acceptors (Lipinski definition) is 4. The van der Waals surface area contributed by atoms with E-state index in [0.29, 0.717) is 10.7 Å². The predicted octanol–water partition coefficient (Wildman–Crippen LogP) is 5.46. The smallest absolute Gasteiger partial charge is 0.266 e. The summed E-state index contributed by atoms with van der Waals surface area (Å²) in [5.74, 6) is -1.28. The molecule has 0 spiro atoms. The lowest BCUT2D eigenvalue weighted by Crippen LogP contribution is -2.37. The largest absolute Gasteiger partial charge is 0.273 e. The van der Waals surface area contributed by atoms with Crippen molar-refractivity contribution in [2.75, 3.05) is 9.96 Å². The molecule has 0 N–H and O–H groups in total. The molecule has 3 aromatic rings. The number of nitrogens with zero attached hydrogens (tertiary/aromatic N) is 2. The topological polar surface area (TPSA) is 49.9 Å². The summed E-state index contributed by atoms with van der Waals surface area (Å²) in [6, 6.07) is 21.8. The van der Waals surface area contributed by atoms with Crippen LogP contribution < -0.4 is 9.96 Å². The predicted molar refractivity (Wildman–Crippen MR) is 123 cm³/mol. The number of carbonyl (C=O) groups is 2. The molecule has 2 heterocycles. The SMILES string of the molecule is Cc1ccc([C@@H]2[C@H]3C(=O)N(c4ccc(Br)cc4)C(=O)[C@@H]3ON2c2ccc(Cl)cc2)cc1. The van der Waals surface area contributed by atoms with Gasteiger partial charge in [0, 0.05) is 9.50 Å². The van der Waals surface area contributed by atoms with Crippen molar-refractivity contribution >= 4 is 50.7 Å². The van der Waals surface area contributed by atoms with Gasteiger partial charge in [0.25, 0.3) is 5.91 Å². The van der Waals surface area contributed by atoms with Gasteiger partial charge in [-0.05, 0) is 61.0 Å². The molecule has 0 aliphatic carbocycles. The molecule has 0 aromatic heterocycles. The molecule has 3 aromatic carbocycles. The van der Waals surface area contributed by atoms with Crippen LogP contribution in [-0.2, 0) is 14.4 Å². The van der Waals surface area contributed by atoms with Crippen molar-refractivity contribution in [2.24, 2.45) is 5.92 Å². The minimum absolute atomic E-state index is 0.264. The number of anilines is 2. The van der Waals surface area contributed by atoms with E-state index in [0.717, 1.165) is 21.3 Å². The monoisotopic (exact) mass is 496 g/mol. The number of carbonyl (C=O) groups excluding carboxylic acids is 2. The molecule has 0 saturated carbocycles. The van der Waals surface area contributed by atoms with Gasteiger partial charge in [-0.1, -0.05) is 57.4 Å². The van der Waals surface area contributed by atoms with E-state index in [4.69, 9.17) is 16.4 Å². The molecule has 0 bridgehead atoms. The van der Waals surface area contributed by atoms with Crippen molar-refractivity contribution in [1.82, 2.24) is 0 Å². The van der Waals surface area contributed by atoms with Crippen LogP contribution in [0.1, 0.15) is 17.2 Å². The van der Waals surface area contributed by atoms with E-state index in [-0.39, 0.29) is 11.8 Å². The molecule has 2 aliphatic heterocycles. The van der Waals surface area contributed by atoms with E-state index < -0.39 is 18.1 Å².